The number of carbonyl (C=O) groups is 3. The number of aryl methyl sites for hydroxylation is 3. The first kappa shape index (κ1) is 25.4. The van der Waals surface area contributed by atoms with E-state index in [2.05, 4.69) is 53.3 Å². The largest absolute Gasteiger partial charge is 0.494 e. The van der Waals surface area contributed by atoms with Gasteiger partial charge in [0.1, 0.15) is 11.3 Å². The minimum atomic E-state index is -0.772. The van der Waals surface area contributed by atoms with Gasteiger partial charge in [-0.2, -0.15) is 0 Å². The summed E-state index contributed by atoms with van der Waals surface area (Å²) in [4.78, 5) is 39.3. The lowest BCUT2D eigenvalue weighted by molar-refractivity contribution is -0.122. The number of anilines is 1. The molecule has 1 heterocycles. The SMILES string of the molecule is CCOc1cc(/C=C2\C(=O)NC(=O)N(c3ccc(C)cc3)C2=O)cc(Br)c1Cc1cc(C)cc(C)c1. The van der Waals surface area contributed by atoms with Gasteiger partial charge in [-0.05, 0) is 69.2 Å². The second-order valence-electron chi connectivity index (χ2n) is 8.88. The number of halogens is 1. The Hall–Kier alpha value is -3.71. The van der Waals surface area contributed by atoms with Crippen molar-refractivity contribution in [1.29, 1.82) is 0 Å². The van der Waals surface area contributed by atoms with E-state index >= 15 is 0 Å². The van der Waals surface area contributed by atoms with Crippen molar-refractivity contribution in [3.05, 3.63) is 98.0 Å². The number of imide groups is 2. The maximum absolute atomic E-state index is 13.2. The van der Waals surface area contributed by atoms with Crippen LogP contribution in [-0.4, -0.2) is 24.5 Å². The van der Waals surface area contributed by atoms with Crippen LogP contribution in [0.15, 0.2) is 64.6 Å². The second-order valence-corrected chi connectivity index (χ2v) is 9.73. The average molecular weight is 547 g/mol. The van der Waals surface area contributed by atoms with Crippen LogP contribution in [-0.2, 0) is 16.0 Å². The van der Waals surface area contributed by atoms with E-state index in [0.717, 1.165) is 26.1 Å². The molecule has 0 radical (unpaired) electrons. The summed E-state index contributed by atoms with van der Waals surface area (Å²) in [6.45, 7) is 8.42. The summed E-state index contributed by atoms with van der Waals surface area (Å²) in [5, 5.41) is 2.27. The molecule has 184 valence electrons. The number of ether oxygens (including phenoxy) is 1. The van der Waals surface area contributed by atoms with Crippen LogP contribution in [0.2, 0.25) is 0 Å². The standard InChI is InChI=1S/C29H27BrN2O4/c1-5-36-26-16-21(15-25(30)23(26)13-20-11-18(3)10-19(4)12-20)14-24-27(33)31-29(35)32(28(24)34)22-8-6-17(2)7-9-22/h6-12,14-16H,5,13H2,1-4H3,(H,31,33,35)/b24-14+. The first-order valence-corrected chi connectivity index (χ1v) is 12.5. The van der Waals surface area contributed by atoms with Crippen molar-refractivity contribution in [1.82, 2.24) is 5.32 Å². The Morgan fingerprint density at radius 3 is 2.22 bits per heavy atom. The lowest BCUT2D eigenvalue weighted by atomic mass is 9.98. The van der Waals surface area contributed by atoms with E-state index in [-0.39, 0.29) is 5.57 Å². The second kappa shape index (κ2) is 10.5. The van der Waals surface area contributed by atoms with Gasteiger partial charge in [0.25, 0.3) is 11.8 Å². The molecule has 4 rings (SSSR count). The fraction of sp³-hybridized carbons (Fsp3) is 0.207. The lowest BCUT2D eigenvalue weighted by Gasteiger charge is -2.26. The van der Waals surface area contributed by atoms with Gasteiger partial charge in [-0.15, -0.1) is 0 Å². The van der Waals surface area contributed by atoms with E-state index in [1.165, 1.54) is 17.2 Å². The minimum absolute atomic E-state index is 0.133. The third kappa shape index (κ3) is 5.41. The van der Waals surface area contributed by atoms with Gasteiger partial charge in [0.05, 0.1) is 12.3 Å². The molecule has 0 aromatic heterocycles. The Labute approximate surface area is 219 Å². The first-order valence-electron chi connectivity index (χ1n) is 11.7. The van der Waals surface area contributed by atoms with Crippen molar-refractivity contribution in [2.24, 2.45) is 0 Å². The normalized spacial score (nSPS) is 14.9. The number of nitrogens with zero attached hydrogens (tertiary/aromatic N) is 1. The molecule has 0 atom stereocenters. The summed E-state index contributed by atoms with van der Waals surface area (Å²) >= 11 is 3.66. The zero-order chi connectivity index (χ0) is 26.0. The number of carbonyl (C=O) groups excluding carboxylic acids is 3. The average Bonchev–Trinajstić information content (AvgIpc) is 2.79. The fourth-order valence-electron chi connectivity index (χ4n) is 4.30. The molecule has 0 unspecified atom stereocenters. The van der Waals surface area contributed by atoms with Gasteiger partial charge in [0.2, 0.25) is 0 Å². The molecule has 4 amide bonds. The highest BCUT2D eigenvalue weighted by molar-refractivity contribution is 9.10. The van der Waals surface area contributed by atoms with Gasteiger partial charge in [-0.3, -0.25) is 14.9 Å². The van der Waals surface area contributed by atoms with Crippen LogP contribution in [0, 0.1) is 20.8 Å². The molecule has 3 aromatic carbocycles. The lowest BCUT2D eigenvalue weighted by Crippen LogP contribution is -2.54. The Kier molecular flexibility index (Phi) is 7.40. The molecule has 1 saturated heterocycles. The monoisotopic (exact) mass is 546 g/mol. The van der Waals surface area contributed by atoms with E-state index in [4.69, 9.17) is 4.74 Å². The Morgan fingerprint density at radius 1 is 0.917 bits per heavy atom. The summed E-state index contributed by atoms with van der Waals surface area (Å²) in [5.41, 5.74) is 6.36. The molecular weight excluding hydrogens is 520 g/mol. The molecule has 1 N–H and O–H groups in total. The Balaban J connectivity index is 1.72. The Bertz CT molecular complexity index is 1370. The third-order valence-corrected chi connectivity index (χ3v) is 6.55. The number of urea groups is 1. The summed E-state index contributed by atoms with van der Waals surface area (Å²) in [6, 6.07) is 16.3. The van der Waals surface area contributed by atoms with E-state index in [9.17, 15) is 14.4 Å². The molecular formula is C29H27BrN2O4. The summed E-state index contributed by atoms with van der Waals surface area (Å²) in [7, 11) is 0. The number of amides is 4. The number of barbiturate groups is 1. The van der Waals surface area contributed by atoms with Gasteiger partial charge in [0.15, 0.2) is 0 Å². The van der Waals surface area contributed by atoms with E-state index in [0.29, 0.717) is 30.0 Å². The van der Waals surface area contributed by atoms with Crippen LogP contribution in [0.3, 0.4) is 0 Å². The molecule has 0 spiro atoms. The summed E-state index contributed by atoms with van der Waals surface area (Å²) < 4.78 is 6.74. The minimum Gasteiger partial charge on any atom is -0.494 e. The van der Waals surface area contributed by atoms with E-state index in [1.807, 2.05) is 26.0 Å². The highest BCUT2D eigenvalue weighted by Crippen LogP contribution is 2.33. The highest BCUT2D eigenvalue weighted by Gasteiger charge is 2.36. The Morgan fingerprint density at radius 2 is 1.58 bits per heavy atom. The smallest absolute Gasteiger partial charge is 0.335 e. The quantitative estimate of drug-likeness (QED) is 0.302. The number of nitrogens with one attached hydrogen (secondary N) is 1. The van der Waals surface area contributed by atoms with Gasteiger partial charge < -0.3 is 4.74 Å². The molecule has 1 aliphatic rings. The molecule has 0 saturated carbocycles. The number of hydrogen-bond acceptors (Lipinski definition) is 4. The van der Waals surface area contributed by atoms with Gasteiger partial charge in [0, 0.05) is 16.5 Å². The number of hydrogen-bond donors (Lipinski definition) is 1. The summed E-state index contributed by atoms with van der Waals surface area (Å²) in [5.74, 6) is -0.754. The maximum Gasteiger partial charge on any atom is 0.335 e. The van der Waals surface area contributed by atoms with Gasteiger partial charge >= 0.3 is 6.03 Å². The van der Waals surface area contributed by atoms with Crippen molar-refractivity contribution >= 4 is 45.5 Å². The molecule has 3 aromatic rings. The van der Waals surface area contributed by atoms with E-state index < -0.39 is 17.8 Å². The van der Waals surface area contributed by atoms with Crippen molar-refractivity contribution in [2.45, 2.75) is 34.1 Å². The van der Waals surface area contributed by atoms with Crippen molar-refractivity contribution in [2.75, 3.05) is 11.5 Å². The van der Waals surface area contributed by atoms with Crippen LogP contribution in [0.4, 0.5) is 10.5 Å². The highest BCUT2D eigenvalue weighted by atomic mass is 79.9. The molecule has 0 bridgehead atoms. The van der Waals surface area contributed by atoms with Crippen LogP contribution >= 0.6 is 15.9 Å². The zero-order valence-electron chi connectivity index (χ0n) is 20.6. The molecule has 1 fully saturated rings. The van der Waals surface area contributed by atoms with Gasteiger partial charge in [-0.1, -0.05) is 63.0 Å². The van der Waals surface area contributed by atoms with Crippen LogP contribution in [0.1, 0.15) is 40.3 Å². The predicted molar refractivity (Wildman–Crippen MR) is 144 cm³/mol. The van der Waals surface area contributed by atoms with Gasteiger partial charge in [-0.25, -0.2) is 9.69 Å². The third-order valence-electron chi connectivity index (χ3n) is 5.84. The molecule has 1 aliphatic heterocycles. The first-order chi connectivity index (χ1) is 17.2. The van der Waals surface area contributed by atoms with E-state index in [1.54, 1.807) is 24.3 Å². The predicted octanol–water partition coefficient (Wildman–Crippen LogP) is 6.03. The molecule has 6 nitrogen and oxygen atoms in total. The maximum atomic E-state index is 13.2. The number of benzene rings is 3. The topological polar surface area (TPSA) is 75.7 Å². The van der Waals surface area contributed by atoms with Crippen molar-refractivity contribution < 1.29 is 19.1 Å². The van der Waals surface area contributed by atoms with Crippen LogP contribution in [0.25, 0.3) is 6.08 Å². The molecule has 36 heavy (non-hydrogen) atoms. The van der Waals surface area contributed by atoms with Crippen molar-refractivity contribution in [3.8, 4) is 5.75 Å². The van der Waals surface area contributed by atoms with Crippen LogP contribution < -0.4 is 15.0 Å². The molecule has 7 heteroatoms. The zero-order valence-corrected chi connectivity index (χ0v) is 22.2. The van der Waals surface area contributed by atoms with Crippen molar-refractivity contribution in [3.63, 3.8) is 0 Å². The number of rotatable bonds is 6. The fourth-order valence-corrected chi connectivity index (χ4v) is 4.90. The molecule has 0 aliphatic carbocycles. The van der Waals surface area contributed by atoms with Crippen LogP contribution in [0.5, 0.6) is 5.75 Å². The summed E-state index contributed by atoms with van der Waals surface area (Å²) in [6.07, 6.45) is 2.14.